The standard InChI is InChI=1S/C25H19ClN2O4S/c1-17-10-13-19(14-11-17)33(30,31)28-27-16-22-20-7-3-2-6-18(20)12-15-24(22)32-25(29)21-8-4-5-9-23(21)26/h2-16,28H,1H3. The van der Waals surface area contributed by atoms with Crippen LogP contribution in [0.5, 0.6) is 5.75 Å². The van der Waals surface area contributed by atoms with Crippen LogP contribution in [-0.2, 0) is 10.0 Å². The first-order valence-electron chi connectivity index (χ1n) is 9.95. The van der Waals surface area contributed by atoms with E-state index in [0.717, 1.165) is 16.3 Å². The number of sulfonamides is 1. The van der Waals surface area contributed by atoms with Crippen LogP contribution in [-0.4, -0.2) is 20.6 Å². The number of hydrogen-bond donors (Lipinski definition) is 1. The summed E-state index contributed by atoms with van der Waals surface area (Å²) in [5, 5.41) is 5.82. The Morgan fingerprint density at radius 1 is 0.939 bits per heavy atom. The topological polar surface area (TPSA) is 84.8 Å². The molecule has 0 atom stereocenters. The minimum atomic E-state index is -3.86. The minimum Gasteiger partial charge on any atom is -0.422 e. The first-order chi connectivity index (χ1) is 15.8. The first-order valence-corrected chi connectivity index (χ1v) is 11.8. The molecule has 33 heavy (non-hydrogen) atoms. The Morgan fingerprint density at radius 2 is 1.64 bits per heavy atom. The average Bonchev–Trinajstić information content (AvgIpc) is 2.80. The summed E-state index contributed by atoms with van der Waals surface area (Å²) in [4.78, 5) is 15.0. The van der Waals surface area contributed by atoms with Crippen molar-refractivity contribution in [3.05, 3.63) is 107 Å². The van der Waals surface area contributed by atoms with Crippen molar-refractivity contribution in [2.75, 3.05) is 0 Å². The molecule has 0 aliphatic carbocycles. The molecule has 0 aromatic heterocycles. The van der Waals surface area contributed by atoms with Crippen molar-refractivity contribution in [2.24, 2.45) is 5.10 Å². The van der Waals surface area contributed by atoms with Gasteiger partial charge in [0.15, 0.2) is 0 Å². The van der Waals surface area contributed by atoms with Crippen LogP contribution in [0.4, 0.5) is 0 Å². The molecule has 0 saturated heterocycles. The van der Waals surface area contributed by atoms with Crippen LogP contribution in [0.1, 0.15) is 21.5 Å². The summed E-state index contributed by atoms with van der Waals surface area (Å²) in [5.41, 5.74) is 1.61. The molecule has 4 aromatic carbocycles. The van der Waals surface area contributed by atoms with Gasteiger partial charge in [-0.05, 0) is 48.0 Å². The molecular weight excluding hydrogens is 460 g/mol. The van der Waals surface area contributed by atoms with Crippen molar-refractivity contribution in [3.63, 3.8) is 0 Å². The third-order valence-corrected chi connectivity index (χ3v) is 6.49. The molecule has 0 heterocycles. The van der Waals surface area contributed by atoms with Crippen LogP contribution >= 0.6 is 11.6 Å². The summed E-state index contributed by atoms with van der Waals surface area (Å²) < 4.78 is 30.7. The summed E-state index contributed by atoms with van der Waals surface area (Å²) in [6, 6.07) is 23.8. The highest BCUT2D eigenvalue weighted by Gasteiger charge is 2.16. The van der Waals surface area contributed by atoms with Gasteiger partial charge in [0.25, 0.3) is 10.0 Å². The fourth-order valence-corrected chi connectivity index (χ4v) is 4.21. The molecule has 0 unspecified atom stereocenters. The number of hydrazone groups is 1. The van der Waals surface area contributed by atoms with Crippen LogP contribution in [0.25, 0.3) is 10.8 Å². The van der Waals surface area contributed by atoms with Crippen LogP contribution in [0.3, 0.4) is 0 Å². The van der Waals surface area contributed by atoms with Crippen LogP contribution in [0, 0.1) is 6.92 Å². The van der Waals surface area contributed by atoms with Gasteiger partial charge in [0.1, 0.15) is 5.75 Å². The van der Waals surface area contributed by atoms with Gasteiger partial charge in [-0.3, -0.25) is 0 Å². The zero-order valence-corrected chi connectivity index (χ0v) is 19.1. The molecule has 0 spiro atoms. The van der Waals surface area contributed by atoms with E-state index in [-0.39, 0.29) is 21.2 Å². The number of halogens is 1. The van der Waals surface area contributed by atoms with Crippen LogP contribution in [0.2, 0.25) is 5.02 Å². The number of carbonyl (C=O) groups is 1. The van der Waals surface area contributed by atoms with Crippen molar-refractivity contribution < 1.29 is 17.9 Å². The summed E-state index contributed by atoms with van der Waals surface area (Å²) in [6.45, 7) is 1.87. The molecule has 166 valence electrons. The Labute approximate surface area is 196 Å². The summed E-state index contributed by atoms with van der Waals surface area (Å²) in [5.74, 6) is -0.414. The number of esters is 1. The second-order valence-electron chi connectivity index (χ2n) is 7.23. The molecule has 8 heteroatoms. The largest absolute Gasteiger partial charge is 0.422 e. The van der Waals surface area contributed by atoms with Crippen LogP contribution < -0.4 is 9.57 Å². The quantitative estimate of drug-likeness (QED) is 0.175. The van der Waals surface area contributed by atoms with E-state index in [2.05, 4.69) is 9.93 Å². The SMILES string of the molecule is Cc1ccc(S(=O)(=O)NN=Cc2c(OC(=O)c3ccccc3Cl)ccc3ccccc23)cc1. The second-order valence-corrected chi connectivity index (χ2v) is 9.30. The minimum absolute atomic E-state index is 0.0912. The highest BCUT2D eigenvalue weighted by molar-refractivity contribution is 7.89. The molecule has 0 aliphatic heterocycles. The van der Waals surface area contributed by atoms with Gasteiger partial charge < -0.3 is 4.74 Å². The molecule has 4 aromatic rings. The molecule has 1 N–H and O–H groups in total. The Morgan fingerprint density at radius 3 is 2.39 bits per heavy atom. The predicted molar refractivity (Wildman–Crippen MR) is 129 cm³/mol. The Hall–Kier alpha value is -3.68. The zero-order valence-electron chi connectivity index (χ0n) is 17.5. The lowest BCUT2D eigenvalue weighted by molar-refractivity contribution is 0.0735. The molecule has 0 saturated carbocycles. The molecule has 0 radical (unpaired) electrons. The van der Waals surface area contributed by atoms with E-state index in [9.17, 15) is 13.2 Å². The van der Waals surface area contributed by atoms with E-state index in [1.807, 2.05) is 31.2 Å². The fourth-order valence-electron chi connectivity index (χ4n) is 3.21. The number of nitrogens with one attached hydrogen (secondary N) is 1. The lowest BCUT2D eigenvalue weighted by Gasteiger charge is -2.11. The summed E-state index contributed by atoms with van der Waals surface area (Å²) in [6.07, 6.45) is 1.32. The maximum atomic E-state index is 12.7. The number of hydrogen-bond acceptors (Lipinski definition) is 5. The van der Waals surface area contributed by atoms with Crippen molar-refractivity contribution in [2.45, 2.75) is 11.8 Å². The summed E-state index contributed by atoms with van der Waals surface area (Å²) >= 11 is 6.12. The highest BCUT2D eigenvalue weighted by atomic mass is 35.5. The number of fused-ring (bicyclic) bond motifs is 1. The van der Waals surface area contributed by atoms with Crippen LogP contribution in [0.15, 0.2) is 94.9 Å². The molecule has 0 aliphatic rings. The van der Waals surface area contributed by atoms with Gasteiger partial charge in [-0.2, -0.15) is 13.5 Å². The van der Waals surface area contributed by atoms with E-state index >= 15 is 0 Å². The van der Waals surface area contributed by atoms with Crippen molar-refractivity contribution in [1.29, 1.82) is 0 Å². The fraction of sp³-hybridized carbons (Fsp3) is 0.0400. The Balaban J connectivity index is 1.67. The normalized spacial score (nSPS) is 11.6. The van der Waals surface area contributed by atoms with Gasteiger partial charge in [-0.25, -0.2) is 9.63 Å². The summed E-state index contributed by atoms with van der Waals surface area (Å²) in [7, 11) is -3.86. The maximum Gasteiger partial charge on any atom is 0.345 e. The van der Waals surface area contributed by atoms with Gasteiger partial charge >= 0.3 is 5.97 Å². The monoisotopic (exact) mass is 478 g/mol. The predicted octanol–water partition coefficient (Wildman–Crippen LogP) is 5.33. The molecule has 0 fully saturated rings. The van der Waals surface area contributed by atoms with Gasteiger partial charge in [0.2, 0.25) is 0 Å². The van der Waals surface area contributed by atoms with E-state index in [1.54, 1.807) is 48.5 Å². The third-order valence-electron chi connectivity index (χ3n) is 4.92. The number of rotatable bonds is 6. The number of benzene rings is 4. The van der Waals surface area contributed by atoms with E-state index in [1.165, 1.54) is 18.3 Å². The molecule has 0 bridgehead atoms. The van der Waals surface area contributed by atoms with Crippen molar-refractivity contribution in [1.82, 2.24) is 4.83 Å². The van der Waals surface area contributed by atoms with Gasteiger partial charge in [-0.1, -0.05) is 71.8 Å². The smallest absolute Gasteiger partial charge is 0.345 e. The lowest BCUT2D eigenvalue weighted by atomic mass is 10.0. The zero-order chi connectivity index (χ0) is 23.4. The average molecular weight is 479 g/mol. The molecular formula is C25H19ClN2O4S. The number of aryl methyl sites for hydroxylation is 1. The number of ether oxygens (including phenoxy) is 1. The highest BCUT2D eigenvalue weighted by Crippen LogP contribution is 2.28. The van der Waals surface area contributed by atoms with E-state index < -0.39 is 16.0 Å². The van der Waals surface area contributed by atoms with E-state index in [4.69, 9.17) is 16.3 Å². The maximum absolute atomic E-state index is 12.7. The Kier molecular flexibility index (Phi) is 6.44. The molecule has 4 rings (SSSR count). The molecule has 0 amide bonds. The van der Waals surface area contributed by atoms with Crippen molar-refractivity contribution >= 4 is 44.6 Å². The van der Waals surface area contributed by atoms with Gasteiger partial charge in [0, 0.05) is 5.56 Å². The molecule has 6 nitrogen and oxygen atoms in total. The third kappa shape index (κ3) is 5.05. The Bertz CT molecular complexity index is 1470. The lowest BCUT2D eigenvalue weighted by Crippen LogP contribution is -2.18. The number of carbonyl (C=O) groups excluding carboxylic acids is 1. The van der Waals surface area contributed by atoms with Gasteiger partial charge in [-0.15, -0.1) is 0 Å². The number of nitrogens with zero attached hydrogens (tertiary/aromatic N) is 1. The first kappa shape index (κ1) is 22.5. The van der Waals surface area contributed by atoms with E-state index in [0.29, 0.717) is 5.56 Å². The van der Waals surface area contributed by atoms with Crippen molar-refractivity contribution in [3.8, 4) is 5.75 Å². The second kappa shape index (κ2) is 9.44. The van der Waals surface area contributed by atoms with Gasteiger partial charge in [0.05, 0.1) is 21.7 Å².